The fourth-order valence-corrected chi connectivity index (χ4v) is 9.99. The Labute approximate surface area is 343 Å². The molecule has 0 saturated heterocycles. The molecule has 0 bridgehead atoms. The van der Waals surface area contributed by atoms with Crippen LogP contribution in [0.5, 0.6) is 0 Å². The fraction of sp³-hybridized carbons (Fsp3) is 0.0526. The lowest BCUT2D eigenvalue weighted by Gasteiger charge is -2.21. The smallest absolute Gasteiger partial charge is 0.0547 e. The standard InChI is InChI=1S/C57H40N2/c1-57(2)51-22-11-9-20-45(51)47-36-56-50(35-52(47)57)49-34-42(27-31-55(49)59(56)44-19-13-18-40(32-44)38-16-7-4-8-17-38)41-26-30-54-48(33-41)46-21-10-12-23-53(46)58(54)43-28-24-39(25-29-43)37-14-5-3-6-15-37/h3-36H,1-2H3. The van der Waals surface area contributed by atoms with Crippen LogP contribution in [-0.4, -0.2) is 9.13 Å². The molecule has 9 aromatic carbocycles. The van der Waals surface area contributed by atoms with Crippen LogP contribution in [0, 0.1) is 0 Å². The van der Waals surface area contributed by atoms with Gasteiger partial charge in [-0.15, -0.1) is 0 Å². The zero-order chi connectivity index (χ0) is 39.2. The van der Waals surface area contributed by atoms with Crippen molar-refractivity contribution in [1.29, 1.82) is 0 Å². The molecule has 0 spiro atoms. The van der Waals surface area contributed by atoms with Crippen LogP contribution in [0.1, 0.15) is 25.0 Å². The van der Waals surface area contributed by atoms with Crippen molar-refractivity contribution in [2.24, 2.45) is 0 Å². The molecule has 12 rings (SSSR count). The van der Waals surface area contributed by atoms with Gasteiger partial charge in [-0.2, -0.15) is 0 Å². The van der Waals surface area contributed by atoms with Gasteiger partial charge in [-0.25, -0.2) is 0 Å². The largest absolute Gasteiger partial charge is 0.309 e. The van der Waals surface area contributed by atoms with E-state index in [-0.39, 0.29) is 5.41 Å². The Bertz CT molecular complexity index is 3440. The quantitative estimate of drug-likeness (QED) is 0.166. The number of aromatic nitrogens is 2. The van der Waals surface area contributed by atoms with E-state index in [1.165, 1.54) is 99.2 Å². The van der Waals surface area contributed by atoms with Gasteiger partial charge in [0, 0.05) is 38.3 Å². The van der Waals surface area contributed by atoms with Crippen molar-refractivity contribution in [2.45, 2.75) is 19.3 Å². The lowest BCUT2D eigenvalue weighted by Crippen LogP contribution is -2.14. The first-order chi connectivity index (χ1) is 29.0. The highest BCUT2D eigenvalue weighted by Crippen LogP contribution is 2.51. The molecule has 278 valence electrons. The molecule has 2 nitrogen and oxygen atoms in total. The summed E-state index contributed by atoms with van der Waals surface area (Å²) in [5.41, 5.74) is 19.8. The maximum atomic E-state index is 2.49. The Morgan fingerprint density at radius 2 is 0.797 bits per heavy atom. The van der Waals surface area contributed by atoms with Gasteiger partial charge in [-0.05, 0) is 122 Å². The van der Waals surface area contributed by atoms with Crippen molar-refractivity contribution in [3.05, 3.63) is 217 Å². The summed E-state index contributed by atoms with van der Waals surface area (Å²) in [6.45, 7) is 4.75. The van der Waals surface area contributed by atoms with E-state index in [9.17, 15) is 0 Å². The summed E-state index contributed by atoms with van der Waals surface area (Å²) in [5, 5.41) is 5.05. The van der Waals surface area contributed by atoms with Crippen molar-refractivity contribution in [2.75, 3.05) is 0 Å². The zero-order valence-corrected chi connectivity index (χ0v) is 33.0. The number of para-hydroxylation sites is 1. The van der Waals surface area contributed by atoms with Gasteiger partial charge in [-0.3, -0.25) is 0 Å². The van der Waals surface area contributed by atoms with Crippen molar-refractivity contribution in [3.63, 3.8) is 0 Å². The molecule has 0 aliphatic heterocycles. The molecule has 59 heavy (non-hydrogen) atoms. The normalized spacial score (nSPS) is 13.1. The van der Waals surface area contributed by atoms with Gasteiger partial charge in [0.15, 0.2) is 0 Å². The highest BCUT2D eigenvalue weighted by Gasteiger charge is 2.36. The molecule has 11 aromatic rings. The molecule has 0 saturated carbocycles. The second kappa shape index (κ2) is 12.8. The van der Waals surface area contributed by atoms with Gasteiger partial charge in [0.05, 0.1) is 22.1 Å². The Morgan fingerprint density at radius 3 is 1.53 bits per heavy atom. The summed E-state index contributed by atoms with van der Waals surface area (Å²) in [6.07, 6.45) is 0. The minimum atomic E-state index is -0.0967. The molecule has 2 heteroatoms. The third-order valence-electron chi connectivity index (χ3n) is 12.9. The predicted molar refractivity (Wildman–Crippen MR) is 249 cm³/mol. The monoisotopic (exact) mass is 752 g/mol. The van der Waals surface area contributed by atoms with E-state index in [1.807, 2.05) is 0 Å². The molecular formula is C57H40N2. The molecule has 0 unspecified atom stereocenters. The zero-order valence-electron chi connectivity index (χ0n) is 33.0. The van der Waals surface area contributed by atoms with Crippen LogP contribution in [0.4, 0.5) is 0 Å². The molecule has 2 heterocycles. The summed E-state index contributed by atoms with van der Waals surface area (Å²) < 4.78 is 4.89. The van der Waals surface area contributed by atoms with E-state index < -0.39 is 0 Å². The van der Waals surface area contributed by atoms with E-state index in [4.69, 9.17) is 0 Å². The maximum Gasteiger partial charge on any atom is 0.0547 e. The van der Waals surface area contributed by atoms with Crippen molar-refractivity contribution in [1.82, 2.24) is 9.13 Å². The highest BCUT2D eigenvalue weighted by molar-refractivity contribution is 6.14. The number of hydrogen-bond donors (Lipinski definition) is 0. The summed E-state index contributed by atoms with van der Waals surface area (Å²) in [7, 11) is 0. The van der Waals surface area contributed by atoms with E-state index >= 15 is 0 Å². The Hall–Kier alpha value is -7.42. The average Bonchev–Trinajstić information content (AvgIpc) is 3.88. The van der Waals surface area contributed by atoms with E-state index in [0.717, 1.165) is 11.4 Å². The van der Waals surface area contributed by atoms with Crippen LogP contribution in [0.15, 0.2) is 206 Å². The van der Waals surface area contributed by atoms with E-state index in [2.05, 4.69) is 229 Å². The first-order valence-electron chi connectivity index (χ1n) is 20.6. The highest BCUT2D eigenvalue weighted by atomic mass is 15.0. The lowest BCUT2D eigenvalue weighted by atomic mass is 9.82. The van der Waals surface area contributed by atoms with Gasteiger partial charge < -0.3 is 9.13 Å². The lowest BCUT2D eigenvalue weighted by molar-refractivity contribution is 0.661. The van der Waals surface area contributed by atoms with E-state index in [0.29, 0.717) is 0 Å². The van der Waals surface area contributed by atoms with Crippen LogP contribution >= 0.6 is 0 Å². The van der Waals surface area contributed by atoms with Crippen LogP contribution in [-0.2, 0) is 5.41 Å². The second-order valence-electron chi connectivity index (χ2n) is 16.6. The van der Waals surface area contributed by atoms with Gasteiger partial charge in [0.1, 0.15) is 0 Å². The Kier molecular flexibility index (Phi) is 7.31. The summed E-state index contributed by atoms with van der Waals surface area (Å²) >= 11 is 0. The van der Waals surface area contributed by atoms with Crippen LogP contribution in [0.2, 0.25) is 0 Å². The molecular weight excluding hydrogens is 713 g/mol. The number of rotatable bonds is 5. The molecule has 1 aliphatic rings. The van der Waals surface area contributed by atoms with Crippen molar-refractivity contribution in [3.8, 4) is 55.9 Å². The first kappa shape index (κ1) is 33.7. The topological polar surface area (TPSA) is 9.86 Å². The predicted octanol–water partition coefficient (Wildman–Crippen LogP) is 15.2. The molecule has 1 aliphatic carbocycles. The van der Waals surface area contributed by atoms with Gasteiger partial charge in [0.25, 0.3) is 0 Å². The molecule has 0 amide bonds. The van der Waals surface area contributed by atoms with Gasteiger partial charge in [0.2, 0.25) is 0 Å². The summed E-state index contributed by atoms with van der Waals surface area (Å²) in [5.74, 6) is 0. The maximum absolute atomic E-state index is 2.49. The molecule has 0 atom stereocenters. The van der Waals surface area contributed by atoms with Crippen molar-refractivity contribution < 1.29 is 0 Å². The minimum absolute atomic E-state index is 0.0967. The van der Waals surface area contributed by atoms with Gasteiger partial charge >= 0.3 is 0 Å². The Morgan fingerprint density at radius 1 is 0.288 bits per heavy atom. The minimum Gasteiger partial charge on any atom is -0.309 e. The molecule has 2 aromatic heterocycles. The number of benzene rings is 9. The molecule has 0 N–H and O–H groups in total. The van der Waals surface area contributed by atoms with Crippen LogP contribution < -0.4 is 0 Å². The van der Waals surface area contributed by atoms with Crippen molar-refractivity contribution >= 4 is 43.6 Å². The number of nitrogens with zero attached hydrogens (tertiary/aromatic N) is 2. The van der Waals surface area contributed by atoms with Gasteiger partial charge in [-0.1, -0.05) is 153 Å². The van der Waals surface area contributed by atoms with E-state index in [1.54, 1.807) is 0 Å². The third kappa shape index (κ3) is 5.13. The van der Waals surface area contributed by atoms with Crippen LogP contribution in [0.3, 0.4) is 0 Å². The SMILES string of the molecule is CC1(C)c2ccccc2-c2cc3c(cc21)c1cc(-c2ccc4c(c2)c2ccccc2n4-c2ccc(-c4ccccc4)cc2)ccc1n3-c1cccc(-c2ccccc2)c1. The number of hydrogen-bond acceptors (Lipinski definition) is 0. The molecule has 0 fully saturated rings. The average molecular weight is 753 g/mol. The Balaban J connectivity index is 1.05. The molecule has 0 radical (unpaired) electrons. The second-order valence-corrected chi connectivity index (χ2v) is 16.6. The number of fused-ring (bicyclic) bond motifs is 9. The third-order valence-corrected chi connectivity index (χ3v) is 12.9. The fourth-order valence-electron chi connectivity index (χ4n) is 9.99. The first-order valence-corrected chi connectivity index (χ1v) is 20.6. The summed E-state index contributed by atoms with van der Waals surface area (Å²) in [6, 6.07) is 76.1. The summed E-state index contributed by atoms with van der Waals surface area (Å²) in [4.78, 5) is 0. The van der Waals surface area contributed by atoms with Crippen LogP contribution in [0.25, 0.3) is 99.5 Å².